The lowest BCUT2D eigenvalue weighted by molar-refractivity contribution is -0.0836. The van der Waals surface area contributed by atoms with Crippen LogP contribution in [0, 0.1) is 5.92 Å². The van der Waals surface area contributed by atoms with E-state index >= 15 is 0 Å². The van der Waals surface area contributed by atoms with Gasteiger partial charge >= 0.3 is 5.97 Å². The SMILES string of the molecule is COC(=O)c1cccc(C2CC(O)(C3CC=C(OCc4c(-c5c(Cl)cccc5Cl)noc4C4CC4)C=C3Cl)C2)c1. The van der Waals surface area contributed by atoms with Crippen molar-refractivity contribution in [2.24, 2.45) is 5.92 Å². The molecule has 1 unspecified atom stereocenters. The molecule has 1 heterocycles. The Balaban J connectivity index is 1.14. The van der Waals surface area contributed by atoms with Crippen molar-refractivity contribution in [3.05, 3.63) is 97.9 Å². The molecule has 0 saturated heterocycles. The van der Waals surface area contributed by atoms with Crippen molar-refractivity contribution >= 4 is 40.8 Å². The van der Waals surface area contributed by atoms with Gasteiger partial charge in [-0.2, -0.15) is 0 Å². The predicted octanol–water partition coefficient (Wildman–Crippen LogP) is 8.16. The number of carbonyl (C=O) groups excluding carboxylic acids is 1. The van der Waals surface area contributed by atoms with Crippen molar-refractivity contribution in [2.45, 2.75) is 56.1 Å². The molecule has 208 valence electrons. The molecule has 1 aromatic heterocycles. The topological polar surface area (TPSA) is 81.8 Å². The molecule has 9 heteroatoms. The first-order valence-corrected chi connectivity index (χ1v) is 14.4. The van der Waals surface area contributed by atoms with Crippen molar-refractivity contribution < 1.29 is 23.9 Å². The lowest BCUT2D eigenvalue weighted by Crippen LogP contribution is -2.49. The summed E-state index contributed by atoms with van der Waals surface area (Å²) in [6, 6.07) is 12.7. The van der Waals surface area contributed by atoms with E-state index in [2.05, 4.69) is 5.16 Å². The number of benzene rings is 2. The number of rotatable bonds is 8. The van der Waals surface area contributed by atoms with Crippen LogP contribution in [0.2, 0.25) is 10.0 Å². The Morgan fingerprint density at radius 2 is 1.82 bits per heavy atom. The highest BCUT2D eigenvalue weighted by Crippen LogP contribution is 2.53. The summed E-state index contributed by atoms with van der Waals surface area (Å²) in [4.78, 5) is 11.9. The number of methoxy groups -OCH3 is 1. The van der Waals surface area contributed by atoms with Crippen LogP contribution in [0.1, 0.15) is 71.2 Å². The summed E-state index contributed by atoms with van der Waals surface area (Å²) in [5.41, 5.74) is 2.65. The van der Waals surface area contributed by atoms with Gasteiger partial charge in [0.25, 0.3) is 0 Å². The third-order valence-electron chi connectivity index (χ3n) is 8.14. The molecule has 2 saturated carbocycles. The first-order chi connectivity index (χ1) is 19.3. The summed E-state index contributed by atoms with van der Waals surface area (Å²) in [6.07, 6.45) is 7.50. The molecule has 6 rings (SSSR count). The summed E-state index contributed by atoms with van der Waals surface area (Å²) < 4.78 is 16.8. The maximum Gasteiger partial charge on any atom is 0.337 e. The summed E-state index contributed by atoms with van der Waals surface area (Å²) in [7, 11) is 1.37. The number of nitrogens with zero attached hydrogens (tertiary/aromatic N) is 1. The van der Waals surface area contributed by atoms with Crippen molar-refractivity contribution in [2.75, 3.05) is 7.11 Å². The van der Waals surface area contributed by atoms with E-state index in [1.807, 2.05) is 24.3 Å². The smallest absolute Gasteiger partial charge is 0.337 e. The minimum Gasteiger partial charge on any atom is -0.489 e. The van der Waals surface area contributed by atoms with Crippen molar-refractivity contribution in [3.63, 3.8) is 0 Å². The molecule has 0 radical (unpaired) electrons. The zero-order valence-electron chi connectivity index (χ0n) is 21.8. The number of allylic oxidation sites excluding steroid dienone is 2. The van der Waals surface area contributed by atoms with Crippen molar-refractivity contribution in [1.82, 2.24) is 5.16 Å². The molecule has 0 aliphatic heterocycles. The lowest BCUT2D eigenvalue weighted by atomic mass is 9.61. The highest BCUT2D eigenvalue weighted by Gasteiger charge is 2.50. The van der Waals surface area contributed by atoms with Crippen LogP contribution in [-0.2, 0) is 16.1 Å². The van der Waals surface area contributed by atoms with Gasteiger partial charge in [0.1, 0.15) is 23.8 Å². The monoisotopic (exact) mass is 599 g/mol. The van der Waals surface area contributed by atoms with E-state index in [1.165, 1.54) is 7.11 Å². The Hall–Kier alpha value is -2.77. The van der Waals surface area contributed by atoms with Crippen molar-refractivity contribution in [1.29, 1.82) is 0 Å². The Morgan fingerprint density at radius 1 is 1.10 bits per heavy atom. The molecule has 0 amide bonds. The zero-order chi connectivity index (χ0) is 28.0. The Bertz CT molecular complexity index is 1500. The van der Waals surface area contributed by atoms with E-state index in [4.69, 9.17) is 48.8 Å². The molecule has 6 nitrogen and oxygen atoms in total. The number of halogens is 3. The summed E-state index contributed by atoms with van der Waals surface area (Å²) in [5, 5.41) is 17.3. The number of aromatic nitrogens is 1. The minimum atomic E-state index is -0.927. The molecule has 2 aromatic carbocycles. The van der Waals surface area contributed by atoms with Gasteiger partial charge in [0.05, 0.1) is 33.9 Å². The van der Waals surface area contributed by atoms with Gasteiger partial charge in [0, 0.05) is 22.4 Å². The fourth-order valence-electron chi connectivity index (χ4n) is 5.77. The van der Waals surface area contributed by atoms with Crippen molar-refractivity contribution in [3.8, 4) is 11.3 Å². The Labute approximate surface area is 247 Å². The molecule has 0 spiro atoms. The average Bonchev–Trinajstić information content (AvgIpc) is 3.69. The molecule has 0 bridgehead atoms. The highest BCUT2D eigenvalue weighted by molar-refractivity contribution is 6.39. The largest absolute Gasteiger partial charge is 0.489 e. The molecule has 3 aromatic rings. The van der Waals surface area contributed by atoms with Gasteiger partial charge in [-0.05, 0) is 80.0 Å². The molecule has 3 aliphatic carbocycles. The summed E-state index contributed by atoms with van der Waals surface area (Å²) in [6.45, 7) is 0.228. The highest BCUT2D eigenvalue weighted by atomic mass is 35.5. The van der Waals surface area contributed by atoms with Crippen LogP contribution in [0.25, 0.3) is 11.3 Å². The van der Waals surface area contributed by atoms with Crippen LogP contribution < -0.4 is 0 Å². The number of ether oxygens (including phenoxy) is 2. The Kier molecular flexibility index (Phi) is 7.47. The number of carbonyl (C=O) groups is 1. The van der Waals surface area contributed by atoms with E-state index in [0.717, 1.165) is 29.7 Å². The standard InChI is InChI=1S/C31H28Cl3NO5/c1-38-30(36)19-5-2-4-18(12-19)20-14-31(37,15-20)23-11-10-21(13-26(23)34)39-16-22-28(35-40-29(22)17-8-9-17)27-24(32)6-3-7-25(27)33/h2-7,10,12-13,17,20,23,37H,8-9,11,14-16H2,1H3. The van der Waals surface area contributed by atoms with E-state index in [1.54, 1.807) is 30.3 Å². The fraction of sp³-hybridized carbons (Fsp3) is 0.355. The zero-order valence-corrected chi connectivity index (χ0v) is 24.1. The second-order valence-corrected chi connectivity index (χ2v) is 12.0. The van der Waals surface area contributed by atoms with Gasteiger partial charge in [-0.15, -0.1) is 0 Å². The van der Waals surface area contributed by atoms with Gasteiger partial charge in [0.2, 0.25) is 0 Å². The lowest BCUT2D eigenvalue weighted by Gasteiger charge is -2.49. The van der Waals surface area contributed by atoms with Gasteiger partial charge in [-0.1, -0.05) is 58.2 Å². The van der Waals surface area contributed by atoms with Crippen LogP contribution in [-0.4, -0.2) is 28.9 Å². The third-order valence-corrected chi connectivity index (χ3v) is 9.15. The first kappa shape index (κ1) is 27.4. The van der Waals surface area contributed by atoms with E-state index in [9.17, 15) is 9.90 Å². The molecule has 3 aliphatic rings. The van der Waals surface area contributed by atoms with E-state index in [0.29, 0.717) is 62.8 Å². The normalized spacial score (nSPS) is 24.1. The quantitative estimate of drug-likeness (QED) is 0.263. The van der Waals surface area contributed by atoms with Gasteiger partial charge in [-0.25, -0.2) is 4.79 Å². The molecular weight excluding hydrogens is 573 g/mol. The van der Waals surface area contributed by atoms with Crippen LogP contribution in [0.5, 0.6) is 0 Å². The maximum atomic E-state index is 11.9. The Morgan fingerprint density at radius 3 is 2.50 bits per heavy atom. The van der Waals surface area contributed by atoms with Gasteiger partial charge < -0.3 is 19.1 Å². The van der Waals surface area contributed by atoms with Gasteiger partial charge in [-0.3, -0.25) is 0 Å². The molecule has 40 heavy (non-hydrogen) atoms. The molecule has 1 atom stereocenters. The summed E-state index contributed by atoms with van der Waals surface area (Å²) in [5.74, 6) is 1.30. The van der Waals surface area contributed by atoms with E-state index in [-0.39, 0.29) is 24.4 Å². The predicted molar refractivity (Wildman–Crippen MR) is 154 cm³/mol. The molecule has 2 fully saturated rings. The second-order valence-electron chi connectivity index (χ2n) is 10.8. The number of esters is 1. The van der Waals surface area contributed by atoms with E-state index < -0.39 is 5.60 Å². The number of hydrogen-bond acceptors (Lipinski definition) is 6. The summed E-state index contributed by atoms with van der Waals surface area (Å²) >= 11 is 19.7. The van der Waals surface area contributed by atoms with Gasteiger partial charge in [0.15, 0.2) is 0 Å². The second kappa shape index (κ2) is 10.9. The van der Waals surface area contributed by atoms with Crippen LogP contribution >= 0.6 is 34.8 Å². The fourth-order valence-corrected chi connectivity index (χ4v) is 6.75. The first-order valence-electron chi connectivity index (χ1n) is 13.3. The maximum absolute atomic E-state index is 11.9. The van der Waals surface area contributed by atoms with Crippen LogP contribution in [0.15, 0.2) is 69.9 Å². The van der Waals surface area contributed by atoms with Crippen LogP contribution in [0.3, 0.4) is 0 Å². The number of hydrogen-bond donors (Lipinski definition) is 1. The number of aliphatic hydroxyl groups is 1. The van der Waals surface area contributed by atoms with Crippen LogP contribution in [0.4, 0.5) is 0 Å². The molecule has 1 N–H and O–H groups in total. The third kappa shape index (κ3) is 5.18. The average molecular weight is 601 g/mol. The minimum absolute atomic E-state index is 0.144. The molecular formula is C31H28Cl3NO5.